The van der Waals surface area contributed by atoms with Crippen LogP contribution in [0.2, 0.25) is 0 Å². The molecule has 0 atom stereocenters. The summed E-state index contributed by atoms with van der Waals surface area (Å²) >= 11 is 0. The summed E-state index contributed by atoms with van der Waals surface area (Å²) in [5.41, 5.74) is 1.74. The normalized spacial score (nSPS) is 17.2. The number of urea groups is 1. The lowest BCUT2D eigenvalue weighted by molar-refractivity contribution is -0.129. The van der Waals surface area contributed by atoms with E-state index in [4.69, 9.17) is 0 Å². The van der Waals surface area contributed by atoms with Crippen LogP contribution in [-0.2, 0) is 9.59 Å². The Morgan fingerprint density at radius 3 is 2.42 bits per heavy atom. The van der Waals surface area contributed by atoms with Crippen molar-refractivity contribution in [2.24, 2.45) is 0 Å². The van der Waals surface area contributed by atoms with Gasteiger partial charge in [-0.15, -0.1) is 0 Å². The van der Waals surface area contributed by atoms with Gasteiger partial charge < -0.3 is 15.1 Å². The number of imide groups is 1. The van der Waals surface area contributed by atoms with Crippen molar-refractivity contribution >= 4 is 29.2 Å². The second-order valence-electron chi connectivity index (χ2n) is 7.10. The highest BCUT2D eigenvalue weighted by Gasteiger charge is 2.44. The van der Waals surface area contributed by atoms with Crippen LogP contribution in [0.1, 0.15) is 33.6 Å². The number of hydrogen-bond donors (Lipinski definition) is 1. The number of carbonyl (C=O) groups is 3. The van der Waals surface area contributed by atoms with E-state index in [0.717, 1.165) is 30.0 Å². The van der Waals surface area contributed by atoms with E-state index < -0.39 is 0 Å². The summed E-state index contributed by atoms with van der Waals surface area (Å²) < 4.78 is 0. The van der Waals surface area contributed by atoms with Crippen LogP contribution in [0.4, 0.5) is 16.2 Å². The molecule has 0 spiro atoms. The lowest BCUT2D eigenvalue weighted by atomic mass is 10.2. The molecule has 7 heteroatoms. The molecule has 2 aliphatic rings. The molecule has 1 aliphatic carbocycles. The Labute approximate surface area is 153 Å². The summed E-state index contributed by atoms with van der Waals surface area (Å²) in [6, 6.07) is 7.81. The van der Waals surface area contributed by atoms with Gasteiger partial charge in [0.1, 0.15) is 13.1 Å². The number of nitrogens with one attached hydrogen (secondary N) is 1. The van der Waals surface area contributed by atoms with Gasteiger partial charge in [0.05, 0.1) is 0 Å². The molecule has 26 heavy (non-hydrogen) atoms. The van der Waals surface area contributed by atoms with Gasteiger partial charge in [-0.1, -0.05) is 0 Å². The lowest BCUT2D eigenvalue weighted by Gasteiger charge is -2.27. The van der Waals surface area contributed by atoms with Crippen molar-refractivity contribution in [2.75, 3.05) is 29.9 Å². The van der Waals surface area contributed by atoms with Crippen molar-refractivity contribution in [3.8, 4) is 0 Å². The van der Waals surface area contributed by atoms with Crippen molar-refractivity contribution < 1.29 is 14.4 Å². The van der Waals surface area contributed by atoms with E-state index in [0.29, 0.717) is 11.7 Å². The van der Waals surface area contributed by atoms with Crippen molar-refractivity contribution in [3.05, 3.63) is 24.3 Å². The highest BCUT2D eigenvalue weighted by atomic mass is 16.2. The van der Waals surface area contributed by atoms with Gasteiger partial charge in [-0.2, -0.15) is 0 Å². The minimum atomic E-state index is -0.367. The van der Waals surface area contributed by atoms with Gasteiger partial charge in [0.25, 0.3) is 5.91 Å². The summed E-state index contributed by atoms with van der Waals surface area (Å²) in [7, 11) is 0. The lowest BCUT2D eigenvalue weighted by Crippen LogP contribution is -2.39. The van der Waals surface area contributed by atoms with Crippen LogP contribution in [-0.4, -0.2) is 59.4 Å². The van der Waals surface area contributed by atoms with Crippen LogP contribution >= 0.6 is 0 Å². The molecule has 1 saturated heterocycles. The molecule has 1 N–H and O–H groups in total. The number of amides is 4. The summed E-state index contributed by atoms with van der Waals surface area (Å²) in [5, 5.41) is 2.76. The highest BCUT2D eigenvalue weighted by molar-refractivity contribution is 6.06. The monoisotopic (exact) mass is 358 g/mol. The fourth-order valence-electron chi connectivity index (χ4n) is 3.31. The molecule has 1 aromatic carbocycles. The van der Waals surface area contributed by atoms with Gasteiger partial charge in [-0.3, -0.25) is 14.5 Å². The van der Waals surface area contributed by atoms with Crippen LogP contribution < -0.4 is 10.2 Å². The molecular weight excluding hydrogens is 332 g/mol. The first-order chi connectivity index (χ1) is 12.4. The Hall–Kier alpha value is -2.57. The Morgan fingerprint density at radius 1 is 1.23 bits per heavy atom. The van der Waals surface area contributed by atoms with E-state index in [1.807, 2.05) is 24.3 Å². The number of anilines is 2. The predicted molar refractivity (Wildman–Crippen MR) is 100 cm³/mol. The topological polar surface area (TPSA) is 73.0 Å². The third kappa shape index (κ3) is 3.81. The summed E-state index contributed by atoms with van der Waals surface area (Å²) in [6.45, 7) is 7.12. The average Bonchev–Trinajstić information content (AvgIpc) is 3.39. The molecule has 140 valence electrons. The third-order valence-corrected chi connectivity index (χ3v) is 4.82. The quantitative estimate of drug-likeness (QED) is 0.759. The van der Waals surface area contributed by atoms with Crippen LogP contribution in [0.15, 0.2) is 24.3 Å². The van der Waals surface area contributed by atoms with Crippen molar-refractivity contribution in [1.82, 2.24) is 9.80 Å². The molecular formula is C19H26N4O3. The van der Waals surface area contributed by atoms with E-state index >= 15 is 0 Å². The van der Waals surface area contributed by atoms with Crippen molar-refractivity contribution in [3.63, 3.8) is 0 Å². The van der Waals surface area contributed by atoms with E-state index in [2.05, 4.69) is 31.0 Å². The predicted octanol–water partition coefficient (Wildman–Crippen LogP) is 2.29. The van der Waals surface area contributed by atoms with E-state index in [9.17, 15) is 14.4 Å². The fourth-order valence-corrected chi connectivity index (χ4v) is 3.31. The number of rotatable bonds is 7. The Morgan fingerprint density at radius 2 is 1.88 bits per heavy atom. The maximum absolute atomic E-state index is 12.2. The first-order valence-electron chi connectivity index (χ1n) is 9.18. The van der Waals surface area contributed by atoms with Crippen LogP contribution in [0.3, 0.4) is 0 Å². The van der Waals surface area contributed by atoms with E-state index in [-0.39, 0.29) is 37.0 Å². The summed E-state index contributed by atoms with van der Waals surface area (Å²) in [5.74, 6) is -0.670. The Bertz CT molecular complexity index is 697. The number of carbonyl (C=O) groups excluding carboxylic acids is 3. The Kier molecular flexibility index (Phi) is 5.15. The van der Waals surface area contributed by atoms with Crippen molar-refractivity contribution in [2.45, 2.75) is 45.7 Å². The third-order valence-electron chi connectivity index (χ3n) is 4.82. The fraction of sp³-hybridized carbons (Fsp3) is 0.526. The standard InChI is InChI=1S/C19H26N4O3/c1-4-21(13(2)3)15-7-5-14(6-8-15)20-17(24)11-23-18(25)12-22(19(23)26)16-9-10-16/h5-8,13,16H,4,9-12H2,1-3H3,(H,20,24). The van der Waals surface area contributed by atoms with Gasteiger partial charge in [0.15, 0.2) is 0 Å². The first-order valence-corrected chi connectivity index (χ1v) is 9.18. The van der Waals surface area contributed by atoms with E-state index in [1.165, 1.54) is 0 Å². The molecule has 1 aliphatic heterocycles. The minimum absolute atomic E-state index is 0.0908. The number of hydrogen-bond acceptors (Lipinski definition) is 4. The molecule has 0 bridgehead atoms. The maximum atomic E-state index is 12.2. The van der Waals surface area contributed by atoms with Crippen LogP contribution in [0.5, 0.6) is 0 Å². The summed E-state index contributed by atoms with van der Waals surface area (Å²) in [4.78, 5) is 41.4. The molecule has 1 saturated carbocycles. The van der Waals surface area contributed by atoms with Gasteiger partial charge in [0, 0.05) is 30.0 Å². The minimum Gasteiger partial charge on any atom is -0.369 e. The zero-order valence-electron chi connectivity index (χ0n) is 15.6. The number of benzene rings is 1. The van der Waals surface area contributed by atoms with Gasteiger partial charge in [-0.05, 0) is 57.9 Å². The molecule has 0 unspecified atom stereocenters. The van der Waals surface area contributed by atoms with Gasteiger partial charge in [-0.25, -0.2) is 4.79 Å². The molecule has 0 aromatic heterocycles. The molecule has 1 heterocycles. The van der Waals surface area contributed by atoms with Crippen LogP contribution in [0.25, 0.3) is 0 Å². The molecule has 0 radical (unpaired) electrons. The zero-order chi connectivity index (χ0) is 18.8. The molecule has 2 fully saturated rings. The maximum Gasteiger partial charge on any atom is 0.327 e. The van der Waals surface area contributed by atoms with Crippen molar-refractivity contribution in [1.29, 1.82) is 0 Å². The Balaban J connectivity index is 1.58. The first kappa shape index (κ1) is 18.2. The molecule has 1 aromatic rings. The highest BCUT2D eigenvalue weighted by Crippen LogP contribution is 2.30. The average molecular weight is 358 g/mol. The smallest absolute Gasteiger partial charge is 0.327 e. The second-order valence-corrected chi connectivity index (χ2v) is 7.10. The number of nitrogens with zero attached hydrogens (tertiary/aromatic N) is 3. The second kappa shape index (κ2) is 7.35. The molecule has 7 nitrogen and oxygen atoms in total. The van der Waals surface area contributed by atoms with E-state index in [1.54, 1.807) is 4.90 Å². The molecule has 4 amide bonds. The van der Waals surface area contributed by atoms with Gasteiger partial charge >= 0.3 is 6.03 Å². The van der Waals surface area contributed by atoms with Crippen LogP contribution in [0, 0.1) is 0 Å². The summed E-state index contributed by atoms with van der Waals surface area (Å²) in [6.07, 6.45) is 1.88. The molecule has 3 rings (SSSR count). The largest absolute Gasteiger partial charge is 0.369 e. The van der Waals surface area contributed by atoms with Gasteiger partial charge in [0.2, 0.25) is 5.91 Å². The zero-order valence-corrected chi connectivity index (χ0v) is 15.6. The SMILES string of the molecule is CCN(c1ccc(NC(=O)CN2C(=O)CN(C3CC3)C2=O)cc1)C(C)C.